The van der Waals surface area contributed by atoms with Crippen LogP contribution < -0.4 is 15.8 Å². The summed E-state index contributed by atoms with van der Waals surface area (Å²) in [5.74, 6) is -0.284. The molecule has 7 nitrogen and oxygen atoms in total. The number of pyridine rings is 1. The zero-order chi connectivity index (χ0) is 15.4. The van der Waals surface area contributed by atoms with Gasteiger partial charge in [-0.1, -0.05) is 0 Å². The first-order chi connectivity index (χ1) is 9.97. The van der Waals surface area contributed by atoms with Crippen LogP contribution in [0.25, 0.3) is 0 Å². The topological polar surface area (TPSA) is 85.5 Å². The second-order valence-electron chi connectivity index (χ2n) is 5.15. The van der Waals surface area contributed by atoms with Crippen LogP contribution >= 0.6 is 0 Å². The minimum Gasteiger partial charge on any atom is -0.368 e. The van der Waals surface area contributed by atoms with E-state index < -0.39 is 6.04 Å². The molecule has 1 saturated heterocycles. The highest BCUT2D eigenvalue weighted by atomic mass is 16.2. The SMILES string of the molecule is CC(=O)NC(C)C(=O)N1CCN(c2cc[nH]c(=O)c2)CC1. The largest absolute Gasteiger partial charge is 0.368 e. The third kappa shape index (κ3) is 3.84. The van der Waals surface area contributed by atoms with Crippen molar-refractivity contribution in [3.8, 4) is 0 Å². The van der Waals surface area contributed by atoms with Gasteiger partial charge in [0.25, 0.3) is 0 Å². The lowest BCUT2D eigenvalue weighted by atomic mass is 10.2. The molecule has 0 saturated carbocycles. The summed E-state index contributed by atoms with van der Waals surface area (Å²) in [6.45, 7) is 5.58. The first-order valence-electron chi connectivity index (χ1n) is 6.97. The molecule has 1 aromatic heterocycles. The molecule has 7 heteroatoms. The standard InChI is InChI=1S/C14H20N4O3/c1-10(16-11(2)19)14(21)18-7-5-17(6-8-18)12-3-4-15-13(20)9-12/h3-4,9-10H,5-8H2,1-2H3,(H,15,20)(H,16,19). The summed E-state index contributed by atoms with van der Waals surface area (Å²) in [7, 11) is 0. The molecule has 1 atom stereocenters. The minimum absolute atomic E-state index is 0.0734. The number of rotatable bonds is 3. The summed E-state index contributed by atoms with van der Waals surface area (Å²) in [4.78, 5) is 40.9. The fraction of sp³-hybridized carbons (Fsp3) is 0.500. The Morgan fingerprint density at radius 1 is 1.29 bits per heavy atom. The Bertz CT molecular complexity index is 576. The Kier molecular flexibility index (Phi) is 4.62. The average Bonchev–Trinajstić information content (AvgIpc) is 2.46. The monoisotopic (exact) mass is 292 g/mol. The number of amides is 2. The van der Waals surface area contributed by atoms with E-state index in [-0.39, 0.29) is 17.4 Å². The molecule has 1 unspecified atom stereocenters. The molecule has 0 aliphatic carbocycles. The Balaban J connectivity index is 1.92. The number of aromatic amines is 1. The number of nitrogens with one attached hydrogen (secondary N) is 2. The van der Waals surface area contributed by atoms with Gasteiger partial charge >= 0.3 is 0 Å². The van der Waals surface area contributed by atoms with E-state index in [4.69, 9.17) is 0 Å². The third-order valence-corrected chi connectivity index (χ3v) is 3.51. The van der Waals surface area contributed by atoms with Crippen molar-refractivity contribution in [3.63, 3.8) is 0 Å². The predicted molar refractivity (Wildman–Crippen MR) is 79.1 cm³/mol. The molecule has 21 heavy (non-hydrogen) atoms. The number of anilines is 1. The Morgan fingerprint density at radius 3 is 2.52 bits per heavy atom. The normalized spacial score (nSPS) is 16.5. The average molecular weight is 292 g/mol. The van der Waals surface area contributed by atoms with Crippen molar-refractivity contribution in [1.82, 2.24) is 15.2 Å². The van der Waals surface area contributed by atoms with E-state index in [0.717, 1.165) is 5.69 Å². The zero-order valence-electron chi connectivity index (χ0n) is 12.3. The number of H-pyrrole nitrogens is 1. The number of hydrogen-bond donors (Lipinski definition) is 2. The molecule has 2 rings (SSSR count). The summed E-state index contributed by atoms with van der Waals surface area (Å²) < 4.78 is 0. The molecular formula is C14H20N4O3. The van der Waals surface area contributed by atoms with Gasteiger partial charge in [0.1, 0.15) is 6.04 Å². The molecular weight excluding hydrogens is 272 g/mol. The molecule has 2 amide bonds. The van der Waals surface area contributed by atoms with Crippen LogP contribution in [0, 0.1) is 0 Å². The molecule has 1 aliphatic rings. The van der Waals surface area contributed by atoms with Gasteiger partial charge in [0.15, 0.2) is 0 Å². The molecule has 1 fully saturated rings. The summed E-state index contributed by atoms with van der Waals surface area (Å²) in [6.07, 6.45) is 1.62. The van der Waals surface area contributed by atoms with Gasteiger partial charge in [-0.05, 0) is 13.0 Å². The maximum absolute atomic E-state index is 12.2. The van der Waals surface area contributed by atoms with E-state index in [1.807, 2.05) is 6.07 Å². The Hall–Kier alpha value is -2.31. The molecule has 0 spiro atoms. The van der Waals surface area contributed by atoms with Crippen LogP contribution in [-0.4, -0.2) is 53.9 Å². The van der Waals surface area contributed by atoms with Gasteiger partial charge in [-0.15, -0.1) is 0 Å². The van der Waals surface area contributed by atoms with Crippen molar-refractivity contribution in [2.75, 3.05) is 31.1 Å². The molecule has 0 aromatic carbocycles. The highest BCUT2D eigenvalue weighted by Crippen LogP contribution is 2.13. The van der Waals surface area contributed by atoms with Gasteiger partial charge in [0.05, 0.1) is 0 Å². The van der Waals surface area contributed by atoms with Crippen LogP contribution in [-0.2, 0) is 9.59 Å². The molecule has 2 N–H and O–H groups in total. The van der Waals surface area contributed by atoms with Gasteiger partial charge in [-0.3, -0.25) is 14.4 Å². The molecule has 0 radical (unpaired) electrons. The first kappa shape index (κ1) is 15.1. The van der Waals surface area contributed by atoms with Gasteiger partial charge in [-0.25, -0.2) is 0 Å². The second kappa shape index (κ2) is 6.43. The fourth-order valence-electron chi connectivity index (χ4n) is 2.46. The maximum atomic E-state index is 12.2. The highest BCUT2D eigenvalue weighted by Gasteiger charge is 2.25. The van der Waals surface area contributed by atoms with Gasteiger partial charge in [0.2, 0.25) is 17.4 Å². The van der Waals surface area contributed by atoms with Crippen molar-refractivity contribution in [2.24, 2.45) is 0 Å². The number of carbonyl (C=O) groups is 2. The Morgan fingerprint density at radius 2 is 1.95 bits per heavy atom. The smallest absolute Gasteiger partial charge is 0.249 e. The van der Waals surface area contributed by atoms with Crippen molar-refractivity contribution in [1.29, 1.82) is 0 Å². The summed E-state index contributed by atoms with van der Waals surface area (Å²) in [5, 5.41) is 2.60. The van der Waals surface area contributed by atoms with Crippen LogP contribution in [0.1, 0.15) is 13.8 Å². The van der Waals surface area contributed by atoms with E-state index >= 15 is 0 Å². The second-order valence-corrected chi connectivity index (χ2v) is 5.15. The molecule has 114 valence electrons. The maximum Gasteiger partial charge on any atom is 0.249 e. The van der Waals surface area contributed by atoms with E-state index in [2.05, 4.69) is 15.2 Å². The lowest BCUT2D eigenvalue weighted by Gasteiger charge is -2.37. The molecule has 1 aliphatic heterocycles. The van der Waals surface area contributed by atoms with Crippen molar-refractivity contribution < 1.29 is 9.59 Å². The predicted octanol–water partition coefficient (Wildman–Crippen LogP) is -0.452. The minimum atomic E-state index is -0.506. The summed E-state index contributed by atoms with van der Waals surface area (Å²) >= 11 is 0. The number of nitrogens with zero attached hydrogens (tertiary/aromatic N) is 2. The summed E-state index contributed by atoms with van der Waals surface area (Å²) in [5.41, 5.74) is 0.728. The lowest BCUT2D eigenvalue weighted by molar-refractivity contribution is -0.135. The number of carbonyl (C=O) groups excluding carboxylic acids is 2. The van der Waals surface area contributed by atoms with Crippen LogP contribution in [0.2, 0.25) is 0 Å². The van der Waals surface area contributed by atoms with E-state index in [1.54, 1.807) is 24.1 Å². The highest BCUT2D eigenvalue weighted by molar-refractivity contribution is 5.86. The van der Waals surface area contributed by atoms with Gasteiger partial charge < -0.3 is 20.1 Å². The molecule has 2 heterocycles. The molecule has 0 bridgehead atoms. The van der Waals surface area contributed by atoms with Crippen LogP contribution in [0.4, 0.5) is 5.69 Å². The number of aromatic nitrogens is 1. The van der Waals surface area contributed by atoms with Crippen LogP contribution in [0.5, 0.6) is 0 Å². The number of hydrogen-bond acceptors (Lipinski definition) is 4. The van der Waals surface area contributed by atoms with Crippen molar-refractivity contribution >= 4 is 17.5 Å². The summed E-state index contributed by atoms with van der Waals surface area (Å²) in [6, 6.07) is 2.89. The fourth-order valence-corrected chi connectivity index (χ4v) is 2.46. The van der Waals surface area contributed by atoms with Crippen molar-refractivity contribution in [3.05, 3.63) is 28.7 Å². The Labute approximate surface area is 122 Å². The van der Waals surface area contributed by atoms with Crippen molar-refractivity contribution in [2.45, 2.75) is 19.9 Å². The van der Waals surface area contributed by atoms with Crippen LogP contribution in [0.3, 0.4) is 0 Å². The van der Waals surface area contributed by atoms with Gasteiger partial charge in [0, 0.05) is 51.1 Å². The third-order valence-electron chi connectivity index (χ3n) is 3.51. The van der Waals surface area contributed by atoms with E-state index in [9.17, 15) is 14.4 Å². The van der Waals surface area contributed by atoms with E-state index in [1.165, 1.54) is 6.92 Å². The first-order valence-corrected chi connectivity index (χ1v) is 6.97. The number of piperazine rings is 1. The van der Waals surface area contributed by atoms with Gasteiger partial charge in [-0.2, -0.15) is 0 Å². The lowest BCUT2D eigenvalue weighted by Crippen LogP contribution is -2.54. The quantitative estimate of drug-likeness (QED) is 0.790. The van der Waals surface area contributed by atoms with Crippen LogP contribution in [0.15, 0.2) is 23.1 Å². The van der Waals surface area contributed by atoms with E-state index in [0.29, 0.717) is 26.2 Å². The molecule has 1 aromatic rings. The zero-order valence-corrected chi connectivity index (χ0v) is 12.3.